The standard InChI is InChI=1S/C21H27N7/c1-4-22-15(3)16-9-11-17(12-10-16)24-21-23-13-14(2)20(25-21)28-19-8-6-5-7-18(19)26-27-28/h5-8,13,16-17,22H,3-4,9-12H2,1-2H3,(H,23,24,25). The van der Waals surface area contributed by atoms with Gasteiger partial charge in [-0.05, 0) is 57.6 Å². The van der Waals surface area contributed by atoms with Crippen molar-refractivity contribution in [2.45, 2.75) is 45.6 Å². The molecule has 146 valence electrons. The molecule has 7 heteroatoms. The Hall–Kier alpha value is -2.96. The normalized spacial score (nSPS) is 19.5. The number of benzene rings is 1. The lowest BCUT2D eigenvalue weighted by molar-refractivity contribution is 0.364. The molecule has 2 N–H and O–H groups in total. The maximum atomic E-state index is 4.75. The third kappa shape index (κ3) is 3.69. The molecule has 0 spiro atoms. The van der Waals surface area contributed by atoms with E-state index in [-0.39, 0.29) is 0 Å². The fourth-order valence-electron chi connectivity index (χ4n) is 3.88. The highest BCUT2D eigenvalue weighted by molar-refractivity contribution is 5.75. The van der Waals surface area contributed by atoms with E-state index in [1.807, 2.05) is 37.4 Å². The van der Waals surface area contributed by atoms with Gasteiger partial charge in [-0.25, -0.2) is 4.98 Å². The first-order valence-corrected chi connectivity index (χ1v) is 9.99. The monoisotopic (exact) mass is 377 g/mol. The van der Waals surface area contributed by atoms with Crippen LogP contribution in [0.15, 0.2) is 42.7 Å². The number of hydrogen-bond acceptors (Lipinski definition) is 6. The molecule has 1 fully saturated rings. The van der Waals surface area contributed by atoms with Crippen LogP contribution >= 0.6 is 0 Å². The van der Waals surface area contributed by atoms with E-state index in [4.69, 9.17) is 4.98 Å². The van der Waals surface area contributed by atoms with Crippen LogP contribution in [0.25, 0.3) is 16.9 Å². The Labute approximate surface area is 165 Å². The smallest absolute Gasteiger partial charge is 0.224 e. The molecule has 1 aliphatic carbocycles. The van der Waals surface area contributed by atoms with Crippen LogP contribution in [-0.4, -0.2) is 37.5 Å². The maximum Gasteiger partial charge on any atom is 0.224 e. The number of nitrogens with one attached hydrogen (secondary N) is 2. The predicted octanol–water partition coefficient (Wildman–Crippen LogP) is 3.61. The minimum absolute atomic E-state index is 0.383. The van der Waals surface area contributed by atoms with Gasteiger partial charge in [-0.15, -0.1) is 5.10 Å². The van der Waals surface area contributed by atoms with Crippen LogP contribution in [0, 0.1) is 12.8 Å². The van der Waals surface area contributed by atoms with Gasteiger partial charge in [0, 0.05) is 30.0 Å². The lowest BCUT2D eigenvalue weighted by Crippen LogP contribution is -2.30. The molecule has 1 aromatic carbocycles. The maximum absolute atomic E-state index is 4.75. The first-order chi connectivity index (χ1) is 13.7. The molecule has 0 radical (unpaired) electrons. The van der Waals surface area contributed by atoms with Crippen molar-refractivity contribution >= 4 is 17.0 Å². The fraction of sp³-hybridized carbons (Fsp3) is 0.429. The van der Waals surface area contributed by atoms with Crippen LogP contribution in [0.2, 0.25) is 0 Å². The van der Waals surface area contributed by atoms with E-state index in [9.17, 15) is 0 Å². The summed E-state index contributed by atoms with van der Waals surface area (Å²) in [6, 6.07) is 8.28. The Balaban J connectivity index is 1.49. The first kappa shape index (κ1) is 18.4. The second-order valence-corrected chi connectivity index (χ2v) is 7.44. The fourth-order valence-corrected chi connectivity index (χ4v) is 3.88. The van der Waals surface area contributed by atoms with Gasteiger partial charge in [-0.1, -0.05) is 23.9 Å². The number of nitrogens with zero attached hydrogens (tertiary/aromatic N) is 5. The summed E-state index contributed by atoms with van der Waals surface area (Å²) in [6.45, 7) is 9.23. The molecule has 3 aromatic rings. The molecule has 0 bridgehead atoms. The van der Waals surface area contributed by atoms with E-state index >= 15 is 0 Å². The van der Waals surface area contributed by atoms with Crippen LogP contribution in [0.1, 0.15) is 38.2 Å². The van der Waals surface area contributed by atoms with Crippen molar-refractivity contribution in [2.24, 2.45) is 5.92 Å². The summed E-state index contributed by atoms with van der Waals surface area (Å²) >= 11 is 0. The van der Waals surface area contributed by atoms with Crippen molar-refractivity contribution in [2.75, 3.05) is 11.9 Å². The van der Waals surface area contributed by atoms with Gasteiger partial charge in [0.25, 0.3) is 0 Å². The summed E-state index contributed by atoms with van der Waals surface area (Å²) in [4.78, 5) is 9.24. The topological polar surface area (TPSA) is 80.5 Å². The molecule has 1 saturated carbocycles. The molecule has 4 rings (SSSR count). The minimum atomic E-state index is 0.383. The third-order valence-corrected chi connectivity index (χ3v) is 5.45. The highest BCUT2D eigenvalue weighted by Crippen LogP contribution is 2.29. The molecule has 1 aliphatic rings. The van der Waals surface area contributed by atoms with Crippen molar-refractivity contribution in [3.63, 3.8) is 0 Å². The number of para-hydroxylation sites is 1. The summed E-state index contributed by atoms with van der Waals surface area (Å²) < 4.78 is 1.79. The lowest BCUT2D eigenvalue weighted by Gasteiger charge is -2.30. The van der Waals surface area contributed by atoms with Crippen LogP contribution < -0.4 is 10.6 Å². The molecule has 0 amide bonds. The second kappa shape index (κ2) is 7.96. The first-order valence-electron chi connectivity index (χ1n) is 9.99. The molecule has 28 heavy (non-hydrogen) atoms. The largest absolute Gasteiger partial charge is 0.389 e. The average molecular weight is 377 g/mol. The summed E-state index contributed by atoms with van der Waals surface area (Å²) in [6.07, 6.45) is 6.30. The van der Waals surface area contributed by atoms with Crippen molar-refractivity contribution in [3.8, 4) is 5.82 Å². The number of aryl methyl sites for hydroxylation is 1. The molecule has 2 aromatic heterocycles. The van der Waals surface area contributed by atoms with Gasteiger partial charge >= 0.3 is 0 Å². The van der Waals surface area contributed by atoms with E-state index in [0.29, 0.717) is 17.9 Å². The Kier molecular flexibility index (Phi) is 5.23. The van der Waals surface area contributed by atoms with Crippen molar-refractivity contribution in [1.82, 2.24) is 30.3 Å². The number of anilines is 1. The number of aromatic nitrogens is 5. The zero-order valence-electron chi connectivity index (χ0n) is 16.5. The molecule has 0 saturated heterocycles. The molecule has 0 atom stereocenters. The highest BCUT2D eigenvalue weighted by atomic mass is 15.4. The Morgan fingerprint density at radius 2 is 2.00 bits per heavy atom. The summed E-state index contributed by atoms with van der Waals surface area (Å²) in [5.41, 5.74) is 3.94. The lowest BCUT2D eigenvalue weighted by atomic mass is 9.84. The van der Waals surface area contributed by atoms with Crippen molar-refractivity contribution in [3.05, 3.63) is 48.3 Å². The van der Waals surface area contributed by atoms with Gasteiger partial charge in [-0.3, -0.25) is 0 Å². The van der Waals surface area contributed by atoms with Crippen LogP contribution in [0.5, 0.6) is 0 Å². The van der Waals surface area contributed by atoms with Gasteiger partial charge in [0.2, 0.25) is 5.95 Å². The molecule has 2 heterocycles. The Morgan fingerprint density at radius 3 is 2.79 bits per heavy atom. The van der Waals surface area contributed by atoms with Crippen LogP contribution in [0.4, 0.5) is 5.95 Å². The number of hydrogen-bond donors (Lipinski definition) is 2. The van der Waals surface area contributed by atoms with Gasteiger partial charge in [-0.2, -0.15) is 9.67 Å². The molecule has 0 aliphatic heterocycles. The van der Waals surface area contributed by atoms with Gasteiger partial charge in [0.15, 0.2) is 5.82 Å². The van der Waals surface area contributed by atoms with E-state index in [2.05, 4.69) is 39.4 Å². The van der Waals surface area contributed by atoms with Crippen molar-refractivity contribution in [1.29, 1.82) is 0 Å². The number of rotatable bonds is 6. The zero-order chi connectivity index (χ0) is 19.5. The van der Waals surface area contributed by atoms with Gasteiger partial charge < -0.3 is 10.6 Å². The Morgan fingerprint density at radius 1 is 1.21 bits per heavy atom. The van der Waals surface area contributed by atoms with Crippen LogP contribution in [-0.2, 0) is 0 Å². The van der Waals surface area contributed by atoms with Crippen LogP contribution in [0.3, 0.4) is 0 Å². The molecular weight excluding hydrogens is 350 g/mol. The summed E-state index contributed by atoms with van der Waals surface area (Å²) in [5, 5.41) is 15.4. The number of allylic oxidation sites excluding steroid dienone is 1. The molecular formula is C21H27N7. The van der Waals surface area contributed by atoms with E-state index in [1.165, 1.54) is 5.70 Å². The highest BCUT2D eigenvalue weighted by Gasteiger charge is 2.23. The third-order valence-electron chi connectivity index (χ3n) is 5.45. The molecule has 0 unspecified atom stereocenters. The Bertz CT molecular complexity index is 970. The summed E-state index contributed by atoms with van der Waals surface area (Å²) in [7, 11) is 0. The zero-order valence-corrected chi connectivity index (χ0v) is 16.5. The van der Waals surface area contributed by atoms with E-state index in [0.717, 1.165) is 54.6 Å². The average Bonchev–Trinajstić information content (AvgIpc) is 3.14. The van der Waals surface area contributed by atoms with Gasteiger partial charge in [0.1, 0.15) is 5.52 Å². The second-order valence-electron chi connectivity index (χ2n) is 7.44. The van der Waals surface area contributed by atoms with E-state index < -0.39 is 0 Å². The van der Waals surface area contributed by atoms with E-state index in [1.54, 1.807) is 4.68 Å². The molecule has 7 nitrogen and oxygen atoms in total. The minimum Gasteiger partial charge on any atom is -0.389 e. The predicted molar refractivity (Wildman–Crippen MR) is 111 cm³/mol. The summed E-state index contributed by atoms with van der Waals surface area (Å²) in [5.74, 6) is 1.98. The SMILES string of the molecule is C=C(NCC)C1CCC(Nc2ncc(C)c(-n3nnc4ccccc43)n2)CC1. The van der Waals surface area contributed by atoms with Gasteiger partial charge in [0.05, 0.1) is 5.52 Å². The van der Waals surface area contributed by atoms with Crippen molar-refractivity contribution < 1.29 is 0 Å². The number of fused-ring (bicyclic) bond motifs is 1. The quantitative estimate of drug-likeness (QED) is 0.683.